The highest BCUT2D eigenvalue weighted by Crippen LogP contribution is 2.22. The standard InChI is InChI=1S/C28H25N5O2/c1-19-24(23-9-5-6-10-25(23)30-19)18-29-33-28(34)27-17-26(31-32-27)21-11-13-22(14-12-21)35-16-15-20-7-3-2-4-8-20/h2-14,17-18,30H,15-16H2,1H3,(H,31,32)(H,33,34)/b29-18-. The van der Waals surface area contributed by atoms with E-state index in [1.807, 2.05) is 73.7 Å². The summed E-state index contributed by atoms with van der Waals surface area (Å²) in [6, 6.07) is 27.6. The first-order valence-electron chi connectivity index (χ1n) is 11.4. The molecule has 0 bridgehead atoms. The quantitative estimate of drug-likeness (QED) is 0.217. The van der Waals surface area contributed by atoms with Gasteiger partial charge < -0.3 is 9.72 Å². The fourth-order valence-electron chi connectivity index (χ4n) is 3.92. The van der Waals surface area contributed by atoms with Crippen molar-refractivity contribution in [3.8, 4) is 17.0 Å². The number of carbonyl (C=O) groups is 1. The topological polar surface area (TPSA) is 95.2 Å². The summed E-state index contributed by atoms with van der Waals surface area (Å²) in [4.78, 5) is 15.8. The van der Waals surface area contributed by atoms with Gasteiger partial charge in [-0.2, -0.15) is 10.2 Å². The van der Waals surface area contributed by atoms with Crippen LogP contribution in [0.1, 0.15) is 27.3 Å². The Kier molecular flexibility index (Phi) is 6.39. The van der Waals surface area contributed by atoms with Gasteiger partial charge in [0.2, 0.25) is 0 Å². The van der Waals surface area contributed by atoms with Crippen LogP contribution in [0.4, 0.5) is 0 Å². The van der Waals surface area contributed by atoms with Gasteiger partial charge >= 0.3 is 0 Å². The van der Waals surface area contributed by atoms with Crippen molar-refractivity contribution in [2.24, 2.45) is 5.10 Å². The summed E-state index contributed by atoms with van der Waals surface area (Å²) in [5.74, 6) is 0.429. The zero-order valence-corrected chi connectivity index (χ0v) is 19.3. The van der Waals surface area contributed by atoms with E-state index in [9.17, 15) is 4.79 Å². The van der Waals surface area contributed by atoms with Crippen LogP contribution in [0, 0.1) is 6.92 Å². The number of nitrogens with zero attached hydrogens (tertiary/aromatic N) is 2. The van der Waals surface area contributed by atoms with Gasteiger partial charge in [-0.1, -0.05) is 48.5 Å². The number of nitrogens with one attached hydrogen (secondary N) is 3. The molecule has 0 fully saturated rings. The number of benzene rings is 3. The first-order chi connectivity index (χ1) is 17.2. The van der Waals surface area contributed by atoms with Crippen molar-refractivity contribution in [2.75, 3.05) is 6.61 Å². The Morgan fingerprint density at radius 2 is 1.80 bits per heavy atom. The Labute approximate surface area is 202 Å². The van der Waals surface area contributed by atoms with Gasteiger partial charge in [0, 0.05) is 34.1 Å². The lowest BCUT2D eigenvalue weighted by molar-refractivity contribution is 0.0950. The molecule has 3 N–H and O–H groups in total. The molecular weight excluding hydrogens is 438 g/mol. The lowest BCUT2D eigenvalue weighted by atomic mass is 10.1. The highest BCUT2D eigenvalue weighted by atomic mass is 16.5. The molecule has 0 radical (unpaired) electrons. The van der Waals surface area contributed by atoms with E-state index >= 15 is 0 Å². The molecule has 2 aromatic heterocycles. The van der Waals surface area contributed by atoms with Crippen LogP contribution in [0.2, 0.25) is 0 Å². The molecule has 0 aliphatic heterocycles. The van der Waals surface area contributed by atoms with Crippen LogP contribution in [0.3, 0.4) is 0 Å². The van der Waals surface area contributed by atoms with E-state index in [-0.39, 0.29) is 5.91 Å². The van der Waals surface area contributed by atoms with Crippen LogP contribution in [0.15, 0.2) is 90.0 Å². The number of ether oxygens (including phenoxy) is 1. The van der Waals surface area contributed by atoms with Crippen molar-refractivity contribution in [1.29, 1.82) is 0 Å². The van der Waals surface area contributed by atoms with Crippen molar-refractivity contribution in [3.05, 3.63) is 107 Å². The molecule has 2 heterocycles. The van der Waals surface area contributed by atoms with Crippen molar-refractivity contribution < 1.29 is 9.53 Å². The maximum Gasteiger partial charge on any atom is 0.289 e. The summed E-state index contributed by atoms with van der Waals surface area (Å²) in [7, 11) is 0. The first-order valence-corrected chi connectivity index (χ1v) is 11.4. The molecule has 35 heavy (non-hydrogen) atoms. The lowest BCUT2D eigenvalue weighted by Crippen LogP contribution is -2.18. The molecule has 0 aliphatic carbocycles. The summed E-state index contributed by atoms with van der Waals surface area (Å²) in [6.07, 6.45) is 2.50. The second kappa shape index (κ2) is 10.1. The third-order valence-electron chi connectivity index (χ3n) is 5.78. The third kappa shape index (κ3) is 5.14. The highest BCUT2D eigenvalue weighted by molar-refractivity contribution is 6.01. The SMILES string of the molecule is Cc1[nH]c2ccccc2c1/C=N\NC(=O)c1cc(-c2ccc(OCCc3ccccc3)cc2)n[nH]1. The summed E-state index contributed by atoms with van der Waals surface area (Å²) in [6.45, 7) is 2.58. The van der Waals surface area contributed by atoms with Gasteiger partial charge in [0.1, 0.15) is 11.4 Å². The highest BCUT2D eigenvalue weighted by Gasteiger charge is 2.11. The molecule has 3 aromatic carbocycles. The Morgan fingerprint density at radius 3 is 2.63 bits per heavy atom. The third-order valence-corrected chi connectivity index (χ3v) is 5.78. The molecule has 7 nitrogen and oxygen atoms in total. The van der Waals surface area contributed by atoms with Gasteiger partial charge in [-0.25, -0.2) is 5.43 Å². The lowest BCUT2D eigenvalue weighted by Gasteiger charge is -2.06. The number of aromatic nitrogens is 3. The number of hydrogen-bond acceptors (Lipinski definition) is 4. The number of para-hydroxylation sites is 1. The molecule has 0 saturated heterocycles. The van der Waals surface area contributed by atoms with Crippen LogP contribution in [0.5, 0.6) is 5.75 Å². The van der Waals surface area contributed by atoms with E-state index in [2.05, 4.69) is 37.8 Å². The molecule has 7 heteroatoms. The minimum Gasteiger partial charge on any atom is -0.493 e. The Hall–Kier alpha value is -4.65. The number of amides is 1. The largest absolute Gasteiger partial charge is 0.493 e. The van der Waals surface area contributed by atoms with Crippen LogP contribution in [0.25, 0.3) is 22.2 Å². The molecule has 174 valence electrons. The van der Waals surface area contributed by atoms with E-state index in [0.717, 1.165) is 39.9 Å². The number of aromatic amines is 2. The number of hydrazone groups is 1. The van der Waals surface area contributed by atoms with Crippen LogP contribution >= 0.6 is 0 Å². The van der Waals surface area contributed by atoms with E-state index in [0.29, 0.717) is 18.0 Å². The number of fused-ring (bicyclic) bond motifs is 1. The molecule has 0 spiro atoms. The van der Waals surface area contributed by atoms with E-state index < -0.39 is 0 Å². The number of hydrogen-bond donors (Lipinski definition) is 3. The average molecular weight is 464 g/mol. The van der Waals surface area contributed by atoms with E-state index in [1.165, 1.54) is 5.56 Å². The van der Waals surface area contributed by atoms with Crippen molar-refractivity contribution in [3.63, 3.8) is 0 Å². The second-order valence-corrected chi connectivity index (χ2v) is 8.18. The predicted molar refractivity (Wildman–Crippen MR) is 138 cm³/mol. The van der Waals surface area contributed by atoms with Gasteiger partial charge in [0.25, 0.3) is 5.91 Å². The van der Waals surface area contributed by atoms with Gasteiger partial charge in [-0.3, -0.25) is 9.89 Å². The molecular formula is C28H25N5O2. The van der Waals surface area contributed by atoms with Gasteiger partial charge in [-0.05, 0) is 48.9 Å². The number of carbonyl (C=O) groups excluding carboxylic acids is 1. The summed E-state index contributed by atoms with van der Waals surface area (Å²) < 4.78 is 5.84. The molecule has 0 unspecified atom stereocenters. The fourth-order valence-corrected chi connectivity index (χ4v) is 3.92. The number of rotatable bonds is 8. The fraction of sp³-hybridized carbons (Fsp3) is 0.107. The molecule has 5 rings (SSSR count). The first kappa shape index (κ1) is 22.2. The number of aryl methyl sites for hydroxylation is 1. The smallest absolute Gasteiger partial charge is 0.289 e. The van der Waals surface area contributed by atoms with Crippen LogP contribution < -0.4 is 10.2 Å². The second-order valence-electron chi connectivity index (χ2n) is 8.18. The summed E-state index contributed by atoms with van der Waals surface area (Å²) in [5, 5.41) is 12.2. The van der Waals surface area contributed by atoms with Gasteiger partial charge in [-0.15, -0.1) is 0 Å². The van der Waals surface area contributed by atoms with E-state index in [4.69, 9.17) is 4.74 Å². The van der Waals surface area contributed by atoms with Crippen LogP contribution in [-0.4, -0.2) is 33.9 Å². The Balaban J connectivity index is 1.18. The van der Waals surface area contributed by atoms with Crippen molar-refractivity contribution in [1.82, 2.24) is 20.6 Å². The van der Waals surface area contributed by atoms with Crippen molar-refractivity contribution in [2.45, 2.75) is 13.3 Å². The molecule has 0 atom stereocenters. The van der Waals surface area contributed by atoms with Crippen molar-refractivity contribution >= 4 is 23.0 Å². The molecule has 0 saturated carbocycles. The predicted octanol–water partition coefficient (Wildman–Crippen LogP) is 5.25. The maximum atomic E-state index is 12.5. The average Bonchev–Trinajstić information content (AvgIpc) is 3.50. The number of H-pyrrole nitrogens is 2. The van der Waals surface area contributed by atoms with E-state index in [1.54, 1.807) is 12.3 Å². The summed E-state index contributed by atoms with van der Waals surface area (Å²) in [5.41, 5.74) is 8.65. The molecule has 1 amide bonds. The maximum absolute atomic E-state index is 12.5. The zero-order chi connectivity index (χ0) is 24.0. The molecule has 0 aliphatic rings. The zero-order valence-electron chi connectivity index (χ0n) is 19.3. The monoisotopic (exact) mass is 463 g/mol. The van der Waals surface area contributed by atoms with Gasteiger partial charge in [0.05, 0.1) is 18.5 Å². The molecule has 5 aromatic rings. The Morgan fingerprint density at radius 1 is 1.03 bits per heavy atom. The minimum absolute atomic E-state index is 0.330. The Bertz CT molecular complexity index is 1470. The summed E-state index contributed by atoms with van der Waals surface area (Å²) >= 11 is 0. The van der Waals surface area contributed by atoms with Gasteiger partial charge in [0.15, 0.2) is 0 Å². The van der Waals surface area contributed by atoms with Crippen LogP contribution in [-0.2, 0) is 6.42 Å². The minimum atomic E-state index is -0.363. The normalized spacial score (nSPS) is 11.2.